The van der Waals surface area contributed by atoms with Crippen molar-refractivity contribution < 1.29 is 28.6 Å². The lowest BCUT2D eigenvalue weighted by atomic mass is 10.2. The van der Waals surface area contributed by atoms with Crippen LogP contribution in [0.2, 0.25) is 0 Å². The van der Waals surface area contributed by atoms with Crippen molar-refractivity contribution in [1.82, 2.24) is 20.1 Å². The molecule has 0 atom stereocenters. The minimum atomic E-state index is -0.431. The number of amides is 2. The minimum absolute atomic E-state index is 0.0864. The van der Waals surface area contributed by atoms with Gasteiger partial charge in [-0.3, -0.25) is 9.59 Å². The molecule has 0 saturated heterocycles. The topological polar surface area (TPSA) is 134 Å². The number of carbonyl (C=O) groups excluding carboxylic acids is 3. The predicted molar refractivity (Wildman–Crippen MR) is 152 cm³/mol. The van der Waals surface area contributed by atoms with Gasteiger partial charge in [0, 0.05) is 18.3 Å². The highest BCUT2D eigenvalue weighted by molar-refractivity contribution is 7.99. The Kier molecular flexibility index (Phi) is 11.6. The van der Waals surface area contributed by atoms with Crippen LogP contribution >= 0.6 is 11.8 Å². The molecule has 2 aromatic carbocycles. The van der Waals surface area contributed by atoms with Crippen LogP contribution in [0.1, 0.15) is 42.0 Å². The van der Waals surface area contributed by atoms with Gasteiger partial charge in [0.2, 0.25) is 11.8 Å². The monoisotopic (exact) mass is 567 g/mol. The van der Waals surface area contributed by atoms with E-state index in [0.717, 1.165) is 12.0 Å². The van der Waals surface area contributed by atoms with Crippen LogP contribution < -0.4 is 20.1 Å². The number of ether oxygens (including phenoxy) is 3. The lowest BCUT2D eigenvalue weighted by molar-refractivity contribution is -0.116. The van der Waals surface area contributed by atoms with E-state index in [1.807, 2.05) is 24.5 Å². The minimum Gasteiger partial charge on any atom is -0.493 e. The number of nitrogens with one attached hydrogen (secondary N) is 2. The van der Waals surface area contributed by atoms with Crippen molar-refractivity contribution in [3.63, 3.8) is 0 Å². The number of aromatic nitrogens is 3. The molecule has 0 aliphatic carbocycles. The Morgan fingerprint density at radius 1 is 1.02 bits per heavy atom. The number of hydrogen-bond acceptors (Lipinski definition) is 9. The second-order valence-corrected chi connectivity index (χ2v) is 9.30. The van der Waals surface area contributed by atoms with Crippen LogP contribution in [0.3, 0.4) is 0 Å². The van der Waals surface area contributed by atoms with Crippen molar-refractivity contribution in [2.45, 2.75) is 38.5 Å². The summed E-state index contributed by atoms with van der Waals surface area (Å²) in [6, 6.07) is 12.0. The molecule has 1 aromatic heterocycles. The third-order valence-electron chi connectivity index (χ3n) is 5.52. The summed E-state index contributed by atoms with van der Waals surface area (Å²) in [4.78, 5) is 37.0. The Bertz CT molecular complexity index is 1360. The molecule has 3 aromatic rings. The largest absolute Gasteiger partial charge is 0.493 e. The van der Waals surface area contributed by atoms with E-state index in [2.05, 4.69) is 20.8 Å². The molecule has 0 aliphatic heterocycles. The second kappa shape index (κ2) is 15.3. The quantitative estimate of drug-likeness (QED) is 0.169. The molecular weight excluding hydrogens is 534 g/mol. The highest BCUT2D eigenvalue weighted by Crippen LogP contribution is 2.28. The number of methoxy groups -OCH3 is 2. The summed E-state index contributed by atoms with van der Waals surface area (Å²) in [6.45, 7) is 4.92. The summed E-state index contributed by atoms with van der Waals surface area (Å²) in [5.41, 5.74) is 1.65. The SMILES string of the molecule is CCCOC(=O)c1cccc(NC(=O)CSc2nnc(CNC(=O)C=Cc3ccc(OC)c(OC)c3)n2CC)c1. The van der Waals surface area contributed by atoms with Crippen LogP contribution in [-0.4, -0.2) is 59.1 Å². The van der Waals surface area contributed by atoms with Gasteiger partial charge in [-0.05, 0) is 55.3 Å². The van der Waals surface area contributed by atoms with E-state index in [1.165, 1.54) is 17.8 Å². The summed E-state index contributed by atoms with van der Waals surface area (Å²) in [7, 11) is 3.11. The van der Waals surface area contributed by atoms with Gasteiger partial charge in [-0.2, -0.15) is 0 Å². The zero-order valence-electron chi connectivity index (χ0n) is 22.9. The highest BCUT2D eigenvalue weighted by atomic mass is 32.2. The zero-order chi connectivity index (χ0) is 28.9. The molecule has 0 aliphatic rings. The number of benzene rings is 2. The second-order valence-electron chi connectivity index (χ2n) is 8.36. The Hall–Kier alpha value is -4.32. The third kappa shape index (κ3) is 8.60. The number of anilines is 1. The fourth-order valence-electron chi connectivity index (χ4n) is 3.56. The first-order valence-electron chi connectivity index (χ1n) is 12.7. The maximum atomic E-state index is 12.5. The van der Waals surface area contributed by atoms with Gasteiger partial charge in [0.25, 0.3) is 0 Å². The maximum absolute atomic E-state index is 12.5. The Labute approximate surface area is 237 Å². The van der Waals surface area contributed by atoms with Gasteiger partial charge in [0.15, 0.2) is 22.5 Å². The van der Waals surface area contributed by atoms with Crippen molar-refractivity contribution in [3.05, 3.63) is 65.5 Å². The molecule has 0 saturated carbocycles. The van der Waals surface area contributed by atoms with Crippen LogP contribution in [0.25, 0.3) is 6.08 Å². The molecule has 0 radical (unpaired) electrons. The van der Waals surface area contributed by atoms with Gasteiger partial charge in [-0.1, -0.05) is 30.8 Å². The number of hydrogen-bond donors (Lipinski definition) is 2. The third-order valence-corrected chi connectivity index (χ3v) is 6.48. The number of thioether (sulfide) groups is 1. The average molecular weight is 568 g/mol. The standard InChI is InChI=1S/C28H33N5O6S/c1-5-14-39-27(36)20-8-7-9-21(16-20)30-26(35)18-40-28-32-31-24(33(28)6-2)17-29-25(34)13-11-19-10-12-22(37-3)23(15-19)38-4/h7-13,15-16H,5-6,14,17-18H2,1-4H3,(H,29,34)(H,30,35). The molecule has 3 rings (SSSR count). The molecule has 0 unspecified atom stereocenters. The Morgan fingerprint density at radius 2 is 1.82 bits per heavy atom. The van der Waals surface area contributed by atoms with E-state index in [9.17, 15) is 14.4 Å². The number of rotatable bonds is 14. The number of carbonyl (C=O) groups is 3. The molecule has 12 heteroatoms. The van der Waals surface area contributed by atoms with Crippen molar-refractivity contribution in [2.75, 3.05) is 31.9 Å². The summed E-state index contributed by atoms with van der Waals surface area (Å²) < 4.78 is 17.5. The van der Waals surface area contributed by atoms with Crippen LogP contribution in [-0.2, 0) is 27.4 Å². The molecule has 0 spiro atoms. The first-order valence-corrected chi connectivity index (χ1v) is 13.7. The smallest absolute Gasteiger partial charge is 0.338 e. The molecule has 1 heterocycles. The van der Waals surface area contributed by atoms with Crippen molar-refractivity contribution in [3.8, 4) is 11.5 Å². The van der Waals surface area contributed by atoms with Crippen molar-refractivity contribution in [2.24, 2.45) is 0 Å². The number of esters is 1. The molecule has 40 heavy (non-hydrogen) atoms. The van der Waals surface area contributed by atoms with E-state index in [1.54, 1.807) is 56.7 Å². The van der Waals surface area contributed by atoms with Gasteiger partial charge in [-0.25, -0.2) is 4.79 Å². The summed E-state index contributed by atoms with van der Waals surface area (Å²) in [6.07, 6.45) is 3.82. The van der Waals surface area contributed by atoms with Crippen LogP contribution in [0.15, 0.2) is 53.7 Å². The van der Waals surface area contributed by atoms with Gasteiger partial charge in [0.05, 0.1) is 38.7 Å². The normalized spacial score (nSPS) is 10.8. The summed E-state index contributed by atoms with van der Waals surface area (Å²) in [5, 5.41) is 14.5. The molecule has 2 amide bonds. The fraction of sp³-hybridized carbons (Fsp3) is 0.321. The lowest BCUT2D eigenvalue weighted by Gasteiger charge is -2.09. The fourth-order valence-corrected chi connectivity index (χ4v) is 4.38. The Morgan fingerprint density at radius 3 is 2.55 bits per heavy atom. The highest BCUT2D eigenvalue weighted by Gasteiger charge is 2.15. The van der Waals surface area contributed by atoms with Gasteiger partial charge in [-0.15, -0.1) is 10.2 Å². The number of nitrogens with zero attached hydrogens (tertiary/aromatic N) is 3. The van der Waals surface area contributed by atoms with Crippen LogP contribution in [0, 0.1) is 0 Å². The first-order chi connectivity index (χ1) is 19.4. The van der Waals surface area contributed by atoms with Gasteiger partial charge < -0.3 is 29.4 Å². The lowest BCUT2D eigenvalue weighted by Crippen LogP contribution is -2.22. The molecule has 212 valence electrons. The summed E-state index contributed by atoms with van der Waals surface area (Å²) in [5.74, 6) is 0.840. The van der Waals surface area contributed by atoms with Crippen LogP contribution in [0.5, 0.6) is 11.5 Å². The molecular formula is C28H33N5O6S. The van der Waals surface area contributed by atoms with E-state index < -0.39 is 5.97 Å². The van der Waals surface area contributed by atoms with E-state index in [4.69, 9.17) is 14.2 Å². The van der Waals surface area contributed by atoms with Gasteiger partial charge >= 0.3 is 5.97 Å². The predicted octanol–water partition coefficient (Wildman–Crippen LogP) is 3.94. The molecule has 0 bridgehead atoms. The van der Waals surface area contributed by atoms with Crippen molar-refractivity contribution >= 4 is 41.3 Å². The van der Waals surface area contributed by atoms with Crippen LogP contribution in [0.4, 0.5) is 5.69 Å². The molecule has 2 N–H and O–H groups in total. The summed E-state index contributed by atoms with van der Waals surface area (Å²) >= 11 is 1.23. The first kappa shape index (κ1) is 30.2. The maximum Gasteiger partial charge on any atom is 0.338 e. The molecule has 11 nitrogen and oxygen atoms in total. The molecule has 0 fully saturated rings. The average Bonchev–Trinajstić information content (AvgIpc) is 3.38. The zero-order valence-corrected chi connectivity index (χ0v) is 23.7. The Balaban J connectivity index is 1.52. The van der Waals surface area contributed by atoms with E-state index in [0.29, 0.717) is 46.9 Å². The van der Waals surface area contributed by atoms with Crippen molar-refractivity contribution in [1.29, 1.82) is 0 Å². The van der Waals surface area contributed by atoms with E-state index >= 15 is 0 Å². The van der Waals surface area contributed by atoms with E-state index in [-0.39, 0.29) is 24.1 Å². The van der Waals surface area contributed by atoms with Gasteiger partial charge in [0.1, 0.15) is 0 Å².